The SMILES string of the molecule is CCOc1cccc(C(Cc2cccc(Cl)c2)NC)c1. The second-order valence-electron chi connectivity index (χ2n) is 4.68. The molecule has 0 spiro atoms. The molecule has 0 amide bonds. The van der Waals surface area contributed by atoms with E-state index in [2.05, 4.69) is 23.5 Å². The quantitative estimate of drug-likeness (QED) is 0.859. The first kappa shape index (κ1) is 14.9. The Morgan fingerprint density at radius 2 is 1.95 bits per heavy atom. The Morgan fingerprint density at radius 1 is 1.15 bits per heavy atom. The minimum atomic E-state index is 0.244. The van der Waals surface area contributed by atoms with Crippen LogP contribution in [0.4, 0.5) is 0 Å². The van der Waals surface area contributed by atoms with Crippen molar-refractivity contribution in [2.75, 3.05) is 13.7 Å². The maximum atomic E-state index is 6.04. The second kappa shape index (κ2) is 7.32. The summed E-state index contributed by atoms with van der Waals surface area (Å²) in [6, 6.07) is 16.5. The van der Waals surface area contributed by atoms with Crippen molar-refractivity contribution >= 4 is 11.6 Å². The summed E-state index contributed by atoms with van der Waals surface area (Å²) in [6.45, 7) is 2.68. The zero-order valence-corrected chi connectivity index (χ0v) is 12.7. The molecule has 106 valence electrons. The van der Waals surface area contributed by atoms with Gasteiger partial charge in [-0.15, -0.1) is 0 Å². The van der Waals surface area contributed by atoms with Crippen molar-refractivity contribution in [3.8, 4) is 5.75 Å². The summed E-state index contributed by atoms with van der Waals surface area (Å²) in [5.41, 5.74) is 2.44. The molecular formula is C17H20ClNO. The Hall–Kier alpha value is -1.51. The molecular weight excluding hydrogens is 270 g/mol. The Labute approximate surface area is 125 Å². The van der Waals surface area contributed by atoms with Crippen molar-refractivity contribution in [3.05, 3.63) is 64.7 Å². The summed E-state index contributed by atoms with van der Waals surface area (Å²) in [7, 11) is 1.97. The third-order valence-corrected chi connectivity index (χ3v) is 3.48. The Balaban J connectivity index is 2.17. The highest BCUT2D eigenvalue weighted by atomic mass is 35.5. The normalized spacial score (nSPS) is 12.2. The van der Waals surface area contributed by atoms with E-state index in [-0.39, 0.29) is 6.04 Å². The number of benzene rings is 2. The minimum absolute atomic E-state index is 0.244. The van der Waals surface area contributed by atoms with Gasteiger partial charge in [0.15, 0.2) is 0 Å². The zero-order chi connectivity index (χ0) is 14.4. The van der Waals surface area contributed by atoms with Gasteiger partial charge in [-0.05, 0) is 55.8 Å². The molecule has 0 aromatic heterocycles. The molecule has 0 fully saturated rings. The molecule has 20 heavy (non-hydrogen) atoms. The third kappa shape index (κ3) is 3.99. The summed E-state index contributed by atoms with van der Waals surface area (Å²) in [6.07, 6.45) is 0.895. The fourth-order valence-electron chi connectivity index (χ4n) is 2.27. The molecule has 0 saturated carbocycles. The lowest BCUT2D eigenvalue weighted by Gasteiger charge is -2.18. The lowest BCUT2D eigenvalue weighted by atomic mass is 9.99. The summed E-state index contributed by atoms with van der Waals surface area (Å²) in [4.78, 5) is 0. The molecule has 0 bridgehead atoms. The monoisotopic (exact) mass is 289 g/mol. The van der Waals surface area contributed by atoms with Crippen molar-refractivity contribution in [2.45, 2.75) is 19.4 Å². The maximum Gasteiger partial charge on any atom is 0.119 e. The predicted molar refractivity (Wildman–Crippen MR) is 84.6 cm³/mol. The van der Waals surface area contributed by atoms with Crippen LogP contribution in [0.2, 0.25) is 5.02 Å². The van der Waals surface area contributed by atoms with Gasteiger partial charge in [0, 0.05) is 11.1 Å². The van der Waals surface area contributed by atoms with Crippen LogP contribution < -0.4 is 10.1 Å². The fraction of sp³-hybridized carbons (Fsp3) is 0.294. The van der Waals surface area contributed by atoms with Crippen LogP contribution in [0.5, 0.6) is 5.75 Å². The number of hydrogen-bond acceptors (Lipinski definition) is 2. The largest absolute Gasteiger partial charge is 0.494 e. The van der Waals surface area contributed by atoms with E-state index in [1.54, 1.807) is 0 Å². The first-order valence-electron chi connectivity index (χ1n) is 6.87. The molecule has 0 heterocycles. The Kier molecular flexibility index (Phi) is 5.45. The summed E-state index contributed by atoms with van der Waals surface area (Å²) in [5.74, 6) is 0.913. The third-order valence-electron chi connectivity index (χ3n) is 3.25. The van der Waals surface area contributed by atoms with E-state index < -0.39 is 0 Å². The van der Waals surface area contributed by atoms with Crippen LogP contribution in [0, 0.1) is 0 Å². The first-order chi connectivity index (χ1) is 9.72. The van der Waals surface area contributed by atoms with Crippen molar-refractivity contribution in [1.29, 1.82) is 0 Å². The van der Waals surface area contributed by atoms with Gasteiger partial charge in [0.25, 0.3) is 0 Å². The summed E-state index contributed by atoms with van der Waals surface area (Å²) in [5, 5.41) is 4.14. The Bertz CT molecular complexity index is 556. The van der Waals surface area contributed by atoms with Crippen molar-refractivity contribution in [1.82, 2.24) is 5.32 Å². The van der Waals surface area contributed by atoms with Crippen LogP contribution in [0.3, 0.4) is 0 Å². The molecule has 0 radical (unpaired) electrons. The number of hydrogen-bond donors (Lipinski definition) is 1. The smallest absolute Gasteiger partial charge is 0.119 e. The van der Waals surface area contributed by atoms with Crippen LogP contribution in [0.1, 0.15) is 24.1 Å². The van der Waals surface area contributed by atoms with Crippen LogP contribution >= 0.6 is 11.6 Å². The highest BCUT2D eigenvalue weighted by Crippen LogP contribution is 2.23. The molecule has 0 saturated heterocycles. The lowest BCUT2D eigenvalue weighted by molar-refractivity contribution is 0.339. The molecule has 3 heteroatoms. The van der Waals surface area contributed by atoms with Gasteiger partial charge < -0.3 is 10.1 Å². The molecule has 0 aliphatic rings. The van der Waals surface area contributed by atoms with Crippen LogP contribution in [0.15, 0.2) is 48.5 Å². The average Bonchev–Trinajstić information content (AvgIpc) is 2.45. The Morgan fingerprint density at radius 3 is 2.65 bits per heavy atom. The first-order valence-corrected chi connectivity index (χ1v) is 7.25. The number of ether oxygens (including phenoxy) is 1. The highest BCUT2D eigenvalue weighted by Gasteiger charge is 2.11. The molecule has 1 atom stereocenters. The summed E-state index contributed by atoms with van der Waals surface area (Å²) >= 11 is 6.04. The van der Waals surface area contributed by atoms with E-state index >= 15 is 0 Å². The highest BCUT2D eigenvalue weighted by molar-refractivity contribution is 6.30. The van der Waals surface area contributed by atoms with Gasteiger partial charge in [-0.3, -0.25) is 0 Å². The van der Waals surface area contributed by atoms with Gasteiger partial charge in [-0.1, -0.05) is 35.9 Å². The van der Waals surface area contributed by atoms with E-state index in [1.807, 2.05) is 44.3 Å². The predicted octanol–water partition coefficient (Wildman–Crippen LogP) is 4.24. The molecule has 0 aliphatic heterocycles. The van der Waals surface area contributed by atoms with Crippen molar-refractivity contribution in [2.24, 2.45) is 0 Å². The van der Waals surface area contributed by atoms with Gasteiger partial charge in [-0.25, -0.2) is 0 Å². The van der Waals surface area contributed by atoms with Gasteiger partial charge in [0.1, 0.15) is 5.75 Å². The van der Waals surface area contributed by atoms with Gasteiger partial charge in [0.05, 0.1) is 6.61 Å². The standard InChI is InChI=1S/C17H20ClNO/c1-3-20-16-9-5-7-14(12-16)17(19-2)11-13-6-4-8-15(18)10-13/h4-10,12,17,19H,3,11H2,1-2H3. The lowest BCUT2D eigenvalue weighted by Crippen LogP contribution is -2.18. The van der Waals surface area contributed by atoms with Gasteiger partial charge in [0.2, 0.25) is 0 Å². The topological polar surface area (TPSA) is 21.3 Å². The number of nitrogens with one attached hydrogen (secondary N) is 1. The second-order valence-corrected chi connectivity index (χ2v) is 5.12. The fourth-order valence-corrected chi connectivity index (χ4v) is 2.49. The number of rotatable bonds is 6. The summed E-state index contributed by atoms with van der Waals surface area (Å²) < 4.78 is 5.56. The van der Waals surface area contributed by atoms with E-state index in [4.69, 9.17) is 16.3 Å². The molecule has 1 N–H and O–H groups in total. The van der Waals surface area contributed by atoms with E-state index in [9.17, 15) is 0 Å². The number of halogens is 1. The molecule has 2 rings (SSSR count). The molecule has 2 nitrogen and oxygen atoms in total. The molecule has 1 unspecified atom stereocenters. The van der Waals surface area contributed by atoms with Gasteiger partial charge in [-0.2, -0.15) is 0 Å². The minimum Gasteiger partial charge on any atom is -0.494 e. The van der Waals surface area contributed by atoms with Crippen LogP contribution in [-0.2, 0) is 6.42 Å². The van der Waals surface area contributed by atoms with Crippen LogP contribution in [-0.4, -0.2) is 13.7 Å². The van der Waals surface area contributed by atoms with Gasteiger partial charge >= 0.3 is 0 Å². The maximum absolute atomic E-state index is 6.04. The molecule has 0 aliphatic carbocycles. The van der Waals surface area contributed by atoms with Crippen molar-refractivity contribution < 1.29 is 4.74 Å². The molecule has 2 aromatic carbocycles. The van der Waals surface area contributed by atoms with E-state index in [0.717, 1.165) is 17.2 Å². The van der Waals surface area contributed by atoms with Crippen molar-refractivity contribution in [3.63, 3.8) is 0 Å². The van der Waals surface area contributed by atoms with Crippen LogP contribution in [0.25, 0.3) is 0 Å². The average molecular weight is 290 g/mol. The van der Waals surface area contributed by atoms with E-state index in [0.29, 0.717) is 6.61 Å². The molecule has 2 aromatic rings. The van der Waals surface area contributed by atoms with E-state index in [1.165, 1.54) is 11.1 Å². The number of likely N-dealkylation sites (N-methyl/N-ethyl adjacent to an activating group) is 1. The zero-order valence-electron chi connectivity index (χ0n) is 11.9.